The van der Waals surface area contributed by atoms with E-state index in [1.54, 1.807) is 6.07 Å². The van der Waals surface area contributed by atoms with Crippen LogP contribution in [-0.2, 0) is 16.4 Å². The lowest BCUT2D eigenvalue weighted by Crippen LogP contribution is -2.47. The van der Waals surface area contributed by atoms with E-state index in [9.17, 15) is 12.8 Å². The van der Waals surface area contributed by atoms with Crippen LogP contribution in [0.2, 0.25) is 0 Å². The molecule has 1 aliphatic heterocycles. The standard InChI is InChI=1S/C14H21FN2O2S/c1-3-16-9-12-5-4-6-13(15)14(12)17-7-8-20(18,19)10-11(17)2/h4-6,11,16H,3,7-10H2,1-2H3. The van der Waals surface area contributed by atoms with Gasteiger partial charge in [0, 0.05) is 19.1 Å². The van der Waals surface area contributed by atoms with E-state index < -0.39 is 9.84 Å². The summed E-state index contributed by atoms with van der Waals surface area (Å²) in [6.07, 6.45) is 0. The van der Waals surface area contributed by atoms with E-state index >= 15 is 0 Å². The molecule has 112 valence electrons. The molecule has 0 saturated carbocycles. The zero-order valence-electron chi connectivity index (χ0n) is 11.9. The molecule has 0 radical (unpaired) electrons. The maximum atomic E-state index is 14.2. The molecule has 6 heteroatoms. The molecule has 1 fully saturated rings. The number of anilines is 1. The largest absolute Gasteiger partial charge is 0.364 e. The lowest BCUT2D eigenvalue weighted by molar-refractivity contribution is 0.556. The van der Waals surface area contributed by atoms with Crippen LogP contribution < -0.4 is 10.2 Å². The minimum atomic E-state index is -3.00. The van der Waals surface area contributed by atoms with Crippen LogP contribution in [0.15, 0.2) is 18.2 Å². The number of benzene rings is 1. The van der Waals surface area contributed by atoms with Crippen LogP contribution in [0.1, 0.15) is 19.4 Å². The van der Waals surface area contributed by atoms with Gasteiger partial charge in [-0.15, -0.1) is 0 Å². The van der Waals surface area contributed by atoms with Crippen molar-refractivity contribution in [3.63, 3.8) is 0 Å². The quantitative estimate of drug-likeness (QED) is 0.917. The fourth-order valence-electron chi connectivity index (χ4n) is 2.61. The second-order valence-corrected chi connectivity index (χ2v) is 7.41. The van der Waals surface area contributed by atoms with Crippen LogP contribution in [-0.4, -0.2) is 39.1 Å². The highest BCUT2D eigenvalue weighted by atomic mass is 32.2. The van der Waals surface area contributed by atoms with E-state index in [0.717, 1.165) is 12.1 Å². The van der Waals surface area contributed by atoms with Crippen LogP contribution in [0.5, 0.6) is 0 Å². The Morgan fingerprint density at radius 1 is 1.45 bits per heavy atom. The van der Waals surface area contributed by atoms with Crippen molar-refractivity contribution in [2.75, 3.05) is 29.5 Å². The highest BCUT2D eigenvalue weighted by molar-refractivity contribution is 7.91. The van der Waals surface area contributed by atoms with Crippen LogP contribution in [0, 0.1) is 5.82 Å². The van der Waals surface area contributed by atoms with Gasteiger partial charge < -0.3 is 10.2 Å². The van der Waals surface area contributed by atoms with Gasteiger partial charge in [-0.3, -0.25) is 0 Å². The smallest absolute Gasteiger partial charge is 0.154 e. The molecule has 1 N–H and O–H groups in total. The number of para-hydroxylation sites is 1. The van der Waals surface area contributed by atoms with Crippen molar-refractivity contribution >= 4 is 15.5 Å². The van der Waals surface area contributed by atoms with Crippen molar-refractivity contribution in [1.82, 2.24) is 5.32 Å². The first kappa shape index (κ1) is 15.3. The maximum absolute atomic E-state index is 14.2. The van der Waals surface area contributed by atoms with Crippen LogP contribution >= 0.6 is 0 Å². The van der Waals surface area contributed by atoms with Gasteiger partial charge in [0.1, 0.15) is 5.82 Å². The Bertz CT molecular complexity index is 575. The summed E-state index contributed by atoms with van der Waals surface area (Å²) >= 11 is 0. The van der Waals surface area contributed by atoms with Gasteiger partial charge in [0.15, 0.2) is 9.84 Å². The van der Waals surface area contributed by atoms with E-state index in [1.165, 1.54) is 6.07 Å². The molecule has 0 spiro atoms. The number of nitrogens with one attached hydrogen (secondary N) is 1. The fourth-order valence-corrected chi connectivity index (χ4v) is 4.17. The Hall–Kier alpha value is -1.14. The first-order valence-corrected chi connectivity index (χ1v) is 8.72. The third-order valence-electron chi connectivity index (χ3n) is 3.59. The van der Waals surface area contributed by atoms with Crippen LogP contribution in [0.4, 0.5) is 10.1 Å². The summed E-state index contributed by atoms with van der Waals surface area (Å²) in [5.74, 6) is -0.111. The van der Waals surface area contributed by atoms with E-state index in [0.29, 0.717) is 18.8 Å². The van der Waals surface area contributed by atoms with Gasteiger partial charge in [0.05, 0.1) is 17.2 Å². The first-order chi connectivity index (χ1) is 9.44. The normalized spacial score (nSPS) is 21.9. The molecule has 20 heavy (non-hydrogen) atoms. The maximum Gasteiger partial charge on any atom is 0.154 e. The fraction of sp³-hybridized carbons (Fsp3) is 0.571. The Morgan fingerprint density at radius 2 is 2.20 bits per heavy atom. The van der Waals surface area contributed by atoms with Crippen molar-refractivity contribution in [3.05, 3.63) is 29.6 Å². The Morgan fingerprint density at radius 3 is 2.85 bits per heavy atom. The lowest BCUT2D eigenvalue weighted by Gasteiger charge is -2.36. The Balaban J connectivity index is 2.32. The van der Waals surface area contributed by atoms with E-state index in [1.807, 2.05) is 24.8 Å². The van der Waals surface area contributed by atoms with Crippen molar-refractivity contribution in [1.29, 1.82) is 0 Å². The molecule has 1 unspecified atom stereocenters. The topological polar surface area (TPSA) is 49.4 Å². The van der Waals surface area contributed by atoms with Crippen molar-refractivity contribution in [2.45, 2.75) is 26.4 Å². The summed E-state index contributed by atoms with van der Waals surface area (Å²) in [4.78, 5) is 1.88. The summed E-state index contributed by atoms with van der Waals surface area (Å²) in [6, 6.07) is 4.81. The summed E-state index contributed by atoms with van der Waals surface area (Å²) in [6.45, 7) is 5.57. The third kappa shape index (κ3) is 3.30. The van der Waals surface area contributed by atoms with Gasteiger partial charge in [-0.2, -0.15) is 0 Å². The molecule has 2 rings (SSSR count). The molecule has 0 aromatic heterocycles. The number of hydrogen-bond donors (Lipinski definition) is 1. The molecular weight excluding hydrogens is 279 g/mol. The predicted molar refractivity (Wildman–Crippen MR) is 79.2 cm³/mol. The molecule has 1 heterocycles. The molecule has 4 nitrogen and oxygen atoms in total. The third-order valence-corrected chi connectivity index (χ3v) is 5.39. The second kappa shape index (κ2) is 6.10. The molecule has 0 amide bonds. The zero-order valence-corrected chi connectivity index (χ0v) is 12.7. The number of hydrogen-bond acceptors (Lipinski definition) is 4. The number of rotatable bonds is 4. The molecule has 0 bridgehead atoms. The highest BCUT2D eigenvalue weighted by Crippen LogP contribution is 2.28. The van der Waals surface area contributed by atoms with Crippen LogP contribution in [0.25, 0.3) is 0 Å². The lowest BCUT2D eigenvalue weighted by atomic mass is 10.1. The Labute approximate surface area is 119 Å². The molecule has 1 aliphatic rings. The van der Waals surface area contributed by atoms with E-state index in [4.69, 9.17) is 0 Å². The summed E-state index contributed by atoms with van der Waals surface area (Å²) in [5, 5.41) is 3.19. The summed E-state index contributed by atoms with van der Waals surface area (Å²) in [7, 11) is -3.00. The average Bonchev–Trinajstić information content (AvgIpc) is 2.37. The van der Waals surface area contributed by atoms with Gasteiger partial charge in [0.25, 0.3) is 0 Å². The second-order valence-electron chi connectivity index (χ2n) is 5.18. The molecule has 1 aromatic carbocycles. The van der Waals surface area contributed by atoms with Gasteiger partial charge in [-0.05, 0) is 25.1 Å². The molecule has 1 saturated heterocycles. The average molecular weight is 300 g/mol. The minimum absolute atomic E-state index is 0.0853. The number of sulfone groups is 1. The first-order valence-electron chi connectivity index (χ1n) is 6.90. The van der Waals surface area contributed by atoms with Crippen LogP contribution in [0.3, 0.4) is 0 Å². The SMILES string of the molecule is CCNCc1cccc(F)c1N1CCS(=O)(=O)CC1C. The van der Waals surface area contributed by atoms with Crippen molar-refractivity contribution in [2.24, 2.45) is 0 Å². The monoisotopic (exact) mass is 300 g/mol. The van der Waals surface area contributed by atoms with Gasteiger partial charge in [-0.1, -0.05) is 19.1 Å². The number of halogens is 1. The highest BCUT2D eigenvalue weighted by Gasteiger charge is 2.30. The van der Waals surface area contributed by atoms with E-state index in [2.05, 4.69) is 5.32 Å². The molecular formula is C14H21FN2O2S. The predicted octanol–water partition coefficient (Wildman–Crippen LogP) is 1.56. The van der Waals surface area contributed by atoms with Crippen molar-refractivity contribution in [3.8, 4) is 0 Å². The molecule has 1 aromatic rings. The van der Waals surface area contributed by atoms with Gasteiger partial charge in [0.2, 0.25) is 0 Å². The summed E-state index contributed by atoms with van der Waals surface area (Å²) in [5.41, 5.74) is 1.41. The number of nitrogens with zero attached hydrogens (tertiary/aromatic N) is 1. The van der Waals surface area contributed by atoms with Gasteiger partial charge >= 0.3 is 0 Å². The molecule has 1 atom stereocenters. The zero-order chi connectivity index (χ0) is 14.8. The van der Waals surface area contributed by atoms with Gasteiger partial charge in [-0.25, -0.2) is 12.8 Å². The molecule has 0 aliphatic carbocycles. The Kier molecular flexibility index (Phi) is 4.65. The van der Waals surface area contributed by atoms with E-state index in [-0.39, 0.29) is 23.4 Å². The minimum Gasteiger partial charge on any atom is -0.364 e. The summed E-state index contributed by atoms with van der Waals surface area (Å²) < 4.78 is 37.5. The van der Waals surface area contributed by atoms with Crippen molar-refractivity contribution < 1.29 is 12.8 Å².